The van der Waals surface area contributed by atoms with E-state index in [1.54, 1.807) is 11.0 Å². The summed E-state index contributed by atoms with van der Waals surface area (Å²) in [6, 6.07) is 20.4. The number of carbonyl (C=O) groups excluding carboxylic acids is 2. The molecule has 5 rings (SSSR count). The van der Waals surface area contributed by atoms with Crippen LogP contribution in [0.2, 0.25) is 0 Å². The fourth-order valence-corrected chi connectivity index (χ4v) is 4.08. The van der Waals surface area contributed by atoms with E-state index >= 15 is 0 Å². The lowest BCUT2D eigenvalue weighted by Gasteiger charge is -2.35. The molecule has 5 heteroatoms. The van der Waals surface area contributed by atoms with Crippen molar-refractivity contribution < 1.29 is 14.0 Å². The topological polar surface area (TPSA) is 62.6 Å². The summed E-state index contributed by atoms with van der Waals surface area (Å²) in [6.45, 7) is 2.88. The Hall–Kier alpha value is -3.60. The number of carbonyl (C=O) groups is 2. The highest BCUT2D eigenvalue weighted by molar-refractivity contribution is 6.08. The molecule has 4 aromatic rings. The van der Waals surface area contributed by atoms with Crippen molar-refractivity contribution in [3.05, 3.63) is 83.4 Å². The summed E-state index contributed by atoms with van der Waals surface area (Å²) in [4.78, 5) is 27.7. The molecule has 1 unspecified atom stereocenters. The molecule has 1 aliphatic heterocycles. The summed E-state index contributed by atoms with van der Waals surface area (Å²) < 4.78 is 5.93. The van der Waals surface area contributed by atoms with Crippen molar-refractivity contribution in [2.75, 3.05) is 13.1 Å². The lowest BCUT2D eigenvalue weighted by atomic mass is 9.99. The number of amides is 2. The van der Waals surface area contributed by atoms with Crippen LogP contribution in [0.1, 0.15) is 27.5 Å². The van der Waals surface area contributed by atoms with Crippen LogP contribution in [-0.4, -0.2) is 29.8 Å². The van der Waals surface area contributed by atoms with Crippen molar-refractivity contribution in [1.82, 2.24) is 10.2 Å². The van der Waals surface area contributed by atoms with Crippen LogP contribution in [0.15, 0.2) is 71.1 Å². The highest BCUT2D eigenvalue weighted by Crippen LogP contribution is 2.31. The molecule has 1 aliphatic rings. The second-order valence-electron chi connectivity index (χ2n) is 7.42. The third-order valence-corrected chi connectivity index (χ3v) is 5.46. The molecule has 1 N–H and O–H groups in total. The van der Waals surface area contributed by atoms with Gasteiger partial charge in [-0.25, -0.2) is 0 Å². The van der Waals surface area contributed by atoms with Crippen molar-refractivity contribution in [2.45, 2.75) is 13.0 Å². The maximum Gasteiger partial charge on any atom is 0.255 e. The minimum absolute atomic E-state index is 0.153. The molecule has 144 valence electrons. The molecule has 2 heterocycles. The normalized spacial score (nSPS) is 16.9. The predicted molar refractivity (Wildman–Crippen MR) is 112 cm³/mol. The first-order chi connectivity index (χ1) is 14.1. The van der Waals surface area contributed by atoms with E-state index in [2.05, 4.69) is 5.32 Å². The number of aryl methyl sites for hydroxylation is 1. The standard InChI is InChI=1S/C24H20N2O3/c1-15-5-4-6-16(13-15)22-23(27)25-11-12-26(22)24(28)17-9-10-19-18-7-2-3-8-20(18)29-21(19)14-17/h2-10,13-14,22H,11-12H2,1H3,(H,25,27). The van der Waals surface area contributed by atoms with Crippen LogP contribution in [0.4, 0.5) is 0 Å². The fraction of sp³-hybridized carbons (Fsp3) is 0.167. The average molecular weight is 384 g/mol. The zero-order valence-corrected chi connectivity index (χ0v) is 16.0. The minimum atomic E-state index is -0.637. The third-order valence-electron chi connectivity index (χ3n) is 5.46. The Morgan fingerprint density at radius 3 is 2.69 bits per heavy atom. The highest BCUT2D eigenvalue weighted by atomic mass is 16.3. The Labute approximate surface area is 167 Å². The van der Waals surface area contributed by atoms with Crippen molar-refractivity contribution >= 4 is 33.8 Å². The molecule has 0 radical (unpaired) electrons. The van der Waals surface area contributed by atoms with E-state index in [1.165, 1.54) is 0 Å². The number of nitrogens with one attached hydrogen (secondary N) is 1. The molecule has 1 fully saturated rings. The van der Waals surface area contributed by atoms with E-state index in [4.69, 9.17) is 4.42 Å². The first-order valence-corrected chi connectivity index (χ1v) is 9.68. The molecular weight excluding hydrogens is 364 g/mol. The molecule has 5 nitrogen and oxygen atoms in total. The van der Waals surface area contributed by atoms with E-state index in [0.717, 1.165) is 27.5 Å². The van der Waals surface area contributed by atoms with Crippen LogP contribution in [-0.2, 0) is 4.79 Å². The lowest BCUT2D eigenvalue weighted by molar-refractivity contribution is -0.128. The van der Waals surface area contributed by atoms with Gasteiger partial charge in [-0.05, 0) is 36.8 Å². The molecule has 2 amide bonds. The van der Waals surface area contributed by atoms with E-state index in [9.17, 15) is 9.59 Å². The van der Waals surface area contributed by atoms with Gasteiger partial charge in [0.1, 0.15) is 17.2 Å². The number of hydrogen-bond acceptors (Lipinski definition) is 3. The van der Waals surface area contributed by atoms with Gasteiger partial charge in [0.15, 0.2) is 0 Å². The van der Waals surface area contributed by atoms with Gasteiger partial charge in [0, 0.05) is 29.4 Å². The quantitative estimate of drug-likeness (QED) is 0.563. The van der Waals surface area contributed by atoms with Crippen LogP contribution in [0.25, 0.3) is 21.9 Å². The average Bonchev–Trinajstić information content (AvgIpc) is 3.11. The van der Waals surface area contributed by atoms with Gasteiger partial charge in [0.25, 0.3) is 5.91 Å². The molecule has 0 spiro atoms. The molecule has 0 aliphatic carbocycles. The van der Waals surface area contributed by atoms with Crippen LogP contribution in [0, 0.1) is 6.92 Å². The van der Waals surface area contributed by atoms with Gasteiger partial charge in [0.05, 0.1) is 0 Å². The molecule has 3 aromatic carbocycles. The zero-order chi connectivity index (χ0) is 20.0. The van der Waals surface area contributed by atoms with Gasteiger partial charge in [-0.2, -0.15) is 0 Å². The number of fused-ring (bicyclic) bond motifs is 3. The lowest BCUT2D eigenvalue weighted by Crippen LogP contribution is -2.52. The molecule has 1 saturated heterocycles. The van der Waals surface area contributed by atoms with Gasteiger partial charge < -0.3 is 14.6 Å². The molecule has 0 saturated carbocycles. The summed E-state index contributed by atoms with van der Waals surface area (Å²) in [5.74, 6) is -0.325. The van der Waals surface area contributed by atoms with Gasteiger partial charge in [-0.15, -0.1) is 0 Å². The second kappa shape index (κ2) is 6.78. The molecule has 1 aromatic heterocycles. The monoisotopic (exact) mass is 384 g/mol. The first kappa shape index (κ1) is 17.5. The maximum atomic E-state index is 13.4. The molecular formula is C24H20N2O3. The van der Waals surface area contributed by atoms with Crippen LogP contribution < -0.4 is 5.32 Å². The molecule has 0 bridgehead atoms. The highest BCUT2D eigenvalue weighted by Gasteiger charge is 2.35. The van der Waals surface area contributed by atoms with E-state index in [1.807, 2.05) is 67.6 Å². The summed E-state index contributed by atoms with van der Waals surface area (Å²) >= 11 is 0. The van der Waals surface area contributed by atoms with Crippen molar-refractivity contribution in [3.8, 4) is 0 Å². The summed E-state index contributed by atoms with van der Waals surface area (Å²) in [5.41, 5.74) is 3.86. The number of benzene rings is 3. The minimum Gasteiger partial charge on any atom is -0.456 e. The second-order valence-corrected chi connectivity index (χ2v) is 7.42. The number of piperazine rings is 1. The number of para-hydroxylation sites is 1. The Balaban J connectivity index is 1.55. The number of rotatable bonds is 2. The maximum absolute atomic E-state index is 13.4. The van der Waals surface area contributed by atoms with E-state index < -0.39 is 6.04 Å². The number of nitrogens with zero attached hydrogens (tertiary/aromatic N) is 1. The summed E-state index contributed by atoms with van der Waals surface area (Å²) in [7, 11) is 0. The van der Waals surface area contributed by atoms with Crippen LogP contribution in [0.5, 0.6) is 0 Å². The first-order valence-electron chi connectivity index (χ1n) is 9.68. The summed E-state index contributed by atoms with van der Waals surface area (Å²) in [5, 5.41) is 4.88. The summed E-state index contributed by atoms with van der Waals surface area (Å²) in [6.07, 6.45) is 0. The molecule has 29 heavy (non-hydrogen) atoms. The Morgan fingerprint density at radius 2 is 1.83 bits per heavy atom. The van der Waals surface area contributed by atoms with Crippen LogP contribution >= 0.6 is 0 Å². The fourth-order valence-electron chi connectivity index (χ4n) is 4.08. The Kier molecular flexibility index (Phi) is 4.09. The van der Waals surface area contributed by atoms with Gasteiger partial charge in [-0.3, -0.25) is 9.59 Å². The van der Waals surface area contributed by atoms with E-state index in [0.29, 0.717) is 24.2 Å². The van der Waals surface area contributed by atoms with Gasteiger partial charge >= 0.3 is 0 Å². The Morgan fingerprint density at radius 1 is 1.00 bits per heavy atom. The van der Waals surface area contributed by atoms with Gasteiger partial charge in [-0.1, -0.05) is 48.0 Å². The third kappa shape index (κ3) is 2.95. The van der Waals surface area contributed by atoms with Gasteiger partial charge in [0.2, 0.25) is 5.91 Å². The largest absolute Gasteiger partial charge is 0.456 e. The Bertz CT molecular complexity index is 1260. The smallest absolute Gasteiger partial charge is 0.255 e. The van der Waals surface area contributed by atoms with Crippen molar-refractivity contribution in [2.24, 2.45) is 0 Å². The van der Waals surface area contributed by atoms with E-state index in [-0.39, 0.29) is 11.8 Å². The SMILES string of the molecule is Cc1cccc(C2C(=O)NCCN2C(=O)c2ccc3c(c2)oc2ccccc23)c1. The molecule has 1 atom stereocenters. The van der Waals surface area contributed by atoms with Crippen LogP contribution in [0.3, 0.4) is 0 Å². The van der Waals surface area contributed by atoms with Crippen molar-refractivity contribution in [3.63, 3.8) is 0 Å². The number of hydrogen-bond donors (Lipinski definition) is 1. The number of furan rings is 1. The zero-order valence-electron chi connectivity index (χ0n) is 16.0. The van der Waals surface area contributed by atoms with Crippen molar-refractivity contribution in [1.29, 1.82) is 0 Å². The predicted octanol–water partition coefficient (Wildman–Crippen LogP) is 4.21.